The number of nitrogens with zero attached hydrogens (tertiary/aromatic N) is 2. The fourth-order valence-corrected chi connectivity index (χ4v) is 1.80. The molecule has 1 aromatic rings. The van der Waals surface area contributed by atoms with E-state index in [1.807, 2.05) is 39.3 Å². The number of carbonyl (C=O) groups is 1. The Morgan fingerprint density at radius 2 is 2.00 bits per heavy atom. The molecule has 0 amide bonds. The number of aliphatic carboxylic acids is 1. The van der Waals surface area contributed by atoms with Gasteiger partial charge in [-0.05, 0) is 34.6 Å². The number of hydrogen-bond acceptors (Lipinski definition) is 3. The summed E-state index contributed by atoms with van der Waals surface area (Å²) in [5, 5.41) is 13.2. The first-order valence-corrected chi connectivity index (χ1v) is 6.09. The van der Waals surface area contributed by atoms with Gasteiger partial charge in [0.1, 0.15) is 0 Å². The minimum absolute atomic E-state index is 0.0256. The molecule has 1 aromatic heterocycles. The van der Waals surface area contributed by atoms with Crippen LogP contribution in [0.5, 0.6) is 0 Å². The summed E-state index contributed by atoms with van der Waals surface area (Å²) < 4.78 is 7.46. The highest BCUT2D eigenvalue weighted by Crippen LogP contribution is 2.14. The van der Waals surface area contributed by atoms with E-state index in [-0.39, 0.29) is 12.0 Å². The van der Waals surface area contributed by atoms with E-state index in [9.17, 15) is 4.79 Å². The Labute approximate surface area is 108 Å². The van der Waals surface area contributed by atoms with Crippen molar-refractivity contribution in [2.24, 2.45) is 0 Å². The quantitative estimate of drug-likeness (QED) is 0.872. The lowest BCUT2D eigenvalue weighted by Crippen LogP contribution is -2.22. The second-order valence-corrected chi connectivity index (χ2v) is 5.40. The van der Waals surface area contributed by atoms with E-state index in [1.54, 1.807) is 0 Å². The minimum atomic E-state index is -0.827. The van der Waals surface area contributed by atoms with E-state index in [1.165, 1.54) is 0 Å². The van der Waals surface area contributed by atoms with Crippen molar-refractivity contribution >= 4 is 5.97 Å². The average molecular weight is 254 g/mol. The highest BCUT2D eigenvalue weighted by Gasteiger charge is 2.15. The number of ether oxygens (including phenoxy) is 1. The predicted molar refractivity (Wildman–Crippen MR) is 68.7 cm³/mol. The van der Waals surface area contributed by atoms with E-state index in [2.05, 4.69) is 5.10 Å². The molecule has 0 saturated carbocycles. The average Bonchev–Trinajstić information content (AvgIpc) is 2.43. The summed E-state index contributed by atoms with van der Waals surface area (Å²) >= 11 is 0. The molecule has 0 fully saturated rings. The van der Waals surface area contributed by atoms with Gasteiger partial charge in [0.05, 0.1) is 30.9 Å². The van der Waals surface area contributed by atoms with Crippen LogP contribution < -0.4 is 0 Å². The third-order valence-electron chi connectivity index (χ3n) is 2.70. The molecule has 0 aliphatic carbocycles. The summed E-state index contributed by atoms with van der Waals surface area (Å²) in [7, 11) is 0. The molecule has 5 nitrogen and oxygen atoms in total. The molecule has 1 rings (SSSR count). The molecule has 0 spiro atoms. The standard InChI is InChI=1S/C13H22N2O3/c1-9-11(8-12(16)17)10(2)15(14-9)6-7-18-13(3,4)5/h6-8H2,1-5H3,(H,16,17). The Hall–Kier alpha value is -1.36. The first kappa shape index (κ1) is 14.7. The van der Waals surface area contributed by atoms with Crippen molar-refractivity contribution < 1.29 is 14.6 Å². The molecule has 0 aliphatic rings. The Balaban J connectivity index is 2.70. The van der Waals surface area contributed by atoms with Crippen LogP contribution in [0.3, 0.4) is 0 Å². The van der Waals surface area contributed by atoms with E-state index < -0.39 is 5.97 Å². The summed E-state index contributed by atoms with van der Waals surface area (Å²) in [6.45, 7) is 11.0. The number of aromatic nitrogens is 2. The Morgan fingerprint density at radius 3 is 2.50 bits per heavy atom. The van der Waals surface area contributed by atoms with Crippen LogP contribution >= 0.6 is 0 Å². The molecule has 0 atom stereocenters. The molecule has 0 bridgehead atoms. The van der Waals surface area contributed by atoms with Crippen molar-refractivity contribution in [3.05, 3.63) is 17.0 Å². The van der Waals surface area contributed by atoms with Gasteiger partial charge in [-0.2, -0.15) is 5.10 Å². The summed E-state index contributed by atoms with van der Waals surface area (Å²) in [5.74, 6) is -0.827. The summed E-state index contributed by atoms with van der Waals surface area (Å²) in [6.07, 6.45) is 0.0256. The van der Waals surface area contributed by atoms with Crippen LogP contribution in [-0.4, -0.2) is 33.1 Å². The monoisotopic (exact) mass is 254 g/mol. The first-order chi connectivity index (χ1) is 8.20. The largest absolute Gasteiger partial charge is 0.481 e. The SMILES string of the molecule is Cc1nn(CCOC(C)(C)C)c(C)c1CC(=O)O. The lowest BCUT2D eigenvalue weighted by molar-refractivity contribution is -0.136. The van der Waals surface area contributed by atoms with Crippen LogP contribution in [0.4, 0.5) is 0 Å². The maximum atomic E-state index is 10.8. The Bertz CT molecular complexity index is 430. The van der Waals surface area contributed by atoms with Gasteiger partial charge in [-0.3, -0.25) is 9.48 Å². The van der Waals surface area contributed by atoms with Crippen LogP contribution in [0.1, 0.15) is 37.7 Å². The van der Waals surface area contributed by atoms with Gasteiger partial charge < -0.3 is 9.84 Å². The molecule has 0 radical (unpaired) electrons. The fourth-order valence-electron chi connectivity index (χ4n) is 1.80. The van der Waals surface area contributed by atoms with Gasteiger partial charge in [0.15, 0.2) is 0 Å². The van der Waals surface area contributed by atoms with Gasteiger partial charge in [0.2, 0.25) is 0 Å². The second-order valence-electron chi connectivity index (χ2n) is 5.40. The predicted octanol–water partition coefficient (Wildman–Crippen LogP) is 1.94. The van der Waals surface area contributed by atoms with Gasteiger partial charge in [0.25, 0.3) is 0 Å². The zero-order valence-corrected chi connectivity index (χ0v) is 11.8. The normalized spacial score (nSPS) is 11.8. The van der Waals surface area contributed by atoms with Crippen molar-refractivity contribution in [3.63, 3.8) is 0 Å². The van der Waals surface area contributed by atoms with Gasteiger partial charge in [0, 0.05) is 11.3 Å². The maximum Gasteiger partial charge on any atom is 0.307 e. The second kappa shape index (κ2) is 5.52. The summed E-state index contributed by atoms with van der Waals surface area (Å²) in [4.78, 5) is 10.8. The maximum absolute atomic E-state index is 10.8. The topological polar surface area (TPSA) is 64.4 Å². The van der Waals surface area contributed by atoms with Gasteiger partial charge in [-0.25, -0.2) is 0 Å². The number of carboxylic acids is 1. The molecular weight excluding hydrogens is 232 g/mol. The van der Waals surface area contributed by atoms with Crippen LogP contribution in [-0.2, 0) is 22.5 Å². The van der Waals surface area contributed by atoms with Crippen molar-refractivity contribution in [2.75, 3.05) is 6.61 Å². The Morgan fingerprint density at radius 1 is 1.39 bits per heavy atom. The smallest absolute Gasteiger partial charge is 0.307 e. The van der Waals surface area contributed by atoms with Crippen molar-refractivity contribution in [2.45, 2.75) is 53.2 Å². The number of hydrogen-bond donors (Lipinski definition) is 1. The highest BCUT2D eigenvalue weighted by molar-refractivity contribution is 5.70. The van der Waals surface area contributed by atoms with Crippen molar-refractivity contribution in [3.8, 4) is 0 Å². The molecule has 102 valence electrons. The summed E-state index contributed by atoms with van der Waals surface area (Å²) in [6, 6.07) is 0. The van der Waals surface area contributed by atoms with Crippen LogP contribution in [0.2, 0.25) is 0 Å². The van der Waals surface area contributed by atoms with Gasteiger partial charge in [-0.15, -0.1) is 0 Å². The first-order valence-electron chi connectivity index (χ1n) is 6.09. The molecular formula is C13H22N2O3. The molecule has 0 aromatic carbocycles. The number of aryl methyl sites for hydroxylation is 1. The molecule has 5 heteroatoms. The zero-order valence-electron chi connectivity index (χ0n) is 11.8. The molecule has 18 heavy (non-hydrogen) atoms. The number of rotatable bonds is 5. The Kier molecular flexibility index (Phi) is 4.51. The third-order valence-corrected chi connectivity index (χ3v) is 2.70. The van der Waals surface area contributed by atoms with E-state index in [0.29, 0.717) is 13.2 Å². The highest BCUT2D eigenvalue weighted by atomic mass is 16.5. The number of carboxylic acid groups (broad SMARTS) is 1. The van der Waals surface area contributed by atoms with Crippen molar-refractivity contribution in [1.82, 2.24) is 9.78 Å². The lowest BCUT2D eigenvalue weighted by atomic mass is 10.1. The lowest BCUT2D eigenvalue weighted by Gasteiger charge is -2.19. The van der Waals surface area contributed by atoms with E-state index >= 15 is 0 Å². The van der Waals surface area contributed by atoms with Crippen LogP contribution in [0, 0.1) is 13.8 Å². The van der Waals surface area contributed by atoms with E-state index in [4.69, 9.17) is 9.84 Å². The van der Waals surface area contributed by atoms with Gasteiger partial charge in [-0.1, -0.05) is 0 Å². The minimum Gasteiger partial charge on any atom is -0.481 e. The molecule has 0 saturated heterocycles. The van der Waals surface area contributed by atoms with Gasteiger partial charge >= 0.3 is 5.97 Å². The molecule has 0 aliphatic heterocycles. The van der Waals surface area contributed by atoms with E-state index in [0.717, 1.165) is 17.0 Å². The molecule has 1 heterocycles. The van der Waals surface area contributed by atoms with Crippen LogP contribution in [0.25, 0.3) is 0 Å². The molecule has 0 unspecified atom stereocenters. The van der Waals surface area contributed by atoms with Crippen molar-refractivity contribution in [1.29, 1.82) is 0 Å². The zero-order chi connectivity index (χ0) is 13.9. The van der Waals surface area contributed by atoms with Crippen LogP contribution in [0.15, 0.2) is 0 Å². The molecule has 1 N–H and O–H groups in total. The summed E-state index contributed by atoms with van der Waals surface area (Å²) in [5.41, 5.74) is 2.33. The fraction of sp³-hybridized carbons (Fsp3) is 0.692. The third kappa shape index (κ3) is 4.14.